The average molecular weight is 691 g/mol. The lowest BCUT2D eigenvalue weighted by atomic mass is 9.77. The van der Waals surface area contributed by atoms with E-state index in [4.69, 9.17) is 14.2 Å². The number of allylic oxidation sites excluding steroid dienone is 2. The molecule has 0 heterocycles. The summed E-state index contributed by atoms with van der Waals surface area (Å²) in [5.74, 6) is 1.52. The Balaban J connectivity index is 1.03. The molecule has 5 nitrogen and oxygen atoms in total. The minimum atomic E-state index is -0.985. The highest BCUT2D eigenvalue weighted by atomic mass is 19.1. The molecule has 0 aromatic heterocycles. The lowest BCUT2D eigenvalue weighted by Crippen LogP contribution is -2.21. The molecule has 4 aromatic rings. The van der Waals surface area contributed by atoms with Crippen LogP contribution in [0, 0.1) is 11.8 Å². The predicted octanol–water partition coefficient (Wildman–Crippen LogP) is 11.5. The average Bonchev–Trinajstić information content (AvgIpc) is 3.18. The number of alkyl halides is 2. The second kappa shape index (κ2) is 16.8. The van der Waals surface area contributed by atoms with Gasteiger partial charge in [0.1, 0.15) is 35.3 Å². The number of para-hydroxylation sites is 2. The van der Waals surface area contributed by atoms with E-state index in [1.807, 2.05) is 36.4 Å². The first-order valence-corrected chi connectivity index (χ1v) is 17.9. The lowest BCUT2D eigenvalue weighted by molar-refractivity contribution is 0.0722. The Morgan fingerprint density at radius 3 is 1.25 bits per heavy atom. The molecule has 2 atom stereocenters. The third-order valence-corrected chi connectivity index (χ3v) is 10.4. The molecule has 0 radical (unpaired) electrons. The van der Waals surface area contributed by atoms with Gasteiger partial charge in [-0.05, 0) is 147 Å². The van der Waals surface area contributed by atoms with E-state index >= 15 is 0 Å². The Hall–Kier alpha value is -5.04. The van der Waals surface area contributed by atoms with Gasteiger partial charge in [-0.15, -0.1) is 13.2 Å². The van der Waals surface area contributed by atoms with Crippen molar-refractivity contribution in [3.05, 3.63) is 145 Å². The summed E-state index contributed by atoms with van der Waals surface area (Å²) >= 11 is 0. The summed E-state index contributed by atoms with van der Waals surface area (Å²) < 4.78 is 45.9. The van der Waals surface area contributed by atoms with Crippen molar-refractivity contribution in [3.63, 3.8) is 0 Å². The van der Waals surface area contributed by atoms with Gasteiger partial charge in [0, 0.05) is 0 Å². The van der Waals surface area contributed by atoms with Crippen molar-refractivity contribution in [2.45, 2.75) is 75.5 Å². The largest absolute Gasteiger partial charge is 0.457 e. The van der Waals surface area contributed by atoms with Gasteiger partial charge in [0.2, 0.25) is 0 Å². The second-order valence-electron chi connectivity index (χ2n) is 13.6. The maximum Gasteiger partial charge on any atom is 0.343 e. The van der Waals surface area contributed by atoms with Crippen LogP contribution in [0.25, 0.3) is 0 Å². The van der Waals surface area contributed by atoms with Gasteiger partial charge < -0.3 is 14.2 Å². The number of ether oxygens (including phenoxy) is 3. The zero-order valence-electron chi connectivity index (χ0n) is 28.7. The van der Waals surface area contributed by atoms with Crippen molar-refractivity contribution >= 4 is 11.9 Å². The molecule has 7 heteroatoms. The summed E-state index contributed by atoms with van der Waals surface area (Å²) in [4.78, 5) is 26.2. The molecule has 0 saturated heterocycles. The van der Waals surface area contributed by atoms with E-state index in [0.717, 1.165) is 62.5 Å². The molecule has 4 aromatic carbocycles. The number of hydrogen-bond donors (Lipinski definition) is 0. The summed E-state index contributed by atoms with van der Waals surface area (Å²) in [6.45, 7) is 7.18. The molecule has 0 spiro atoms. The standard InChI is InChI=1S/C44H44F2O5/c1-3-39(45)31-17-13-29(14-18-31)37-9-5-7-11-41(37)50-43(47)33-21-25-35(26-22-33)49-36-27-23-34(24-28-36)44(48)51-42-12-8-6-10-38(42)30-15-19-32(20-16-30)40(46)4-2/h3-12,21-32,39-40H,1-2,13-20H2. The molecule has 2 aliphatic carbocycles. The molecule has 6 rings (SSSR count). The van der Waals surface area contributed by atoms with E-state index in [-0.39, 0.29) is 23.7 Å². The van der Waals surface area contributed by atoms with Crippen LogP contribution in [0.1, 0.15) is 95.0 Å². The zero-order chi connectivity index (χ0) is 35.7. The Labute approximate surface area is 299 Å². The number of carbonyl (C=O) groups is 2. The fraction of sp³-hybridized carbons (Fsp3) is 0.318. The number of rotatable bonds is 12. The third-order valence-electron chi connectivity index (χ3n) is 10.4. The molecule has 2 fully saturated rings. The van der Waals surface area contributed by atoms with Gasteiger partial charge in [-0.1, -0.05) is 48.6 Å². The molecule has 51 heavy (non-hydrogen) atoms. The predicted molar refractivity (Wildman–Crippen MR) is 195 cm³/mol. The number of benzene rings is 4. The van der Waals surface area contributed by atoms with Gasteiger partial charge in [0.15, 0.2) is 0 Å². The quantitative estimate of drug-likeness (QED) is 0.0841. The molecule has 2 unspecified atom stereocenters. The monoisotopic (exact) mass is 690 g/mol. The molecule has 2 saturated carbocycles. The smallest absolute Gasteiger partial charge is 0.343 e. The highest BCUT2D eigenvalue weighted by molar-refractivity contribution is 5.92. The first-order valence-electron chi connectivity index (χ1n) is 17.9. The molecule has 0 N–H and O–H groups in total. The van der Waals surface area contributed by atoms with Crippen LogP contribution in [0.5, 0.6) is 23.0 Å². The van der Waals surface area contributed by atoms with E-state index in [1.54, 1.807) is 60.7 Å². The topological polar surface area (TPSA) is 61.8 Å². The molecular formula is C44H44F2O5. The normalized spacial score (nSPS) is 21.5. The number of carbonyl (C=O) groups excluding carboxylic acids is 2. The van der Waals surface area contributed by atoms with Crippen LogP contribution in [-0.4, -0.2) is 24.3 Å². The number of halogens is 2. The van der Waals surface area contributed by atoms with Crippen LogP contribution < -0.4 is 14.2 Å². The van der Waals surface area contributed by atoms with E-state index in [1.165, 1.54) is 12.2 Å². The molecule has 0 amide bonds. The van der Waals surface area contributed by atoms with Crippen molar-refractivity contribution in [2.75, 3.05) is 0 Å². The van der Waals surface area contributed by atoms with Crippen LogP contribution in [0.15, 0.2) is 122 Å². The molecule has 264 valence electrons. The first kappa shape index (κ1) is 35.8. The van der Waals surface area contributed by atoms with Gasteiger partial charge in [0.05, 0.1) is 11.1 Å². The first-order chi connectivity index (χ1) is 24.8. The Kier molecular flexibility index (Phi) is 11.8. The van der Waals surface area contributed by atoms with E-state index in [2.05, 4.69) is 13.2 Å². The van der Waals surface area contributed by atoms with Crippen LogP contribution in [0.4, 0.5) is 8.78 Å². The Morgan fingerprint density at radius 1 is 0.549 bits per heavy atom. The van der Waals surface area contributed by atoms with Gasteiger partial charge in [-0.3, -0.25) is 0 Å². The number of esters is 2. The van der Waals surface area contributed by atoms with Crippen molar-refractivity contribution in [1.82, 2.24) is 0 Å². The molecule has 2 aliphatic rings. The van der Waals surface area contributed by atoms with Crippen LogP contribution in [0.2, 0.25) is 0 Å². The molecule has 0 bridgehead atoms. The van der Waals surface area contributed by atoms with Crippen molar-refractivity contribution in [2.24, 2.45) is 11.8 Å². The highest BCUT2D eigenvalue weighted by Gasteiger charge is 2.30. The highest BCUT2D eigenvalue weighted by Crippen LogP contribution is 2.42. The van der Waals surface area contributed by atoms with Crippen molar-refractivity contribution < 1.29 is 32.6 Å². The molecule has 0 aliphatic heterocycles. The van der Waals surface area contributed by atoms with Crippen LogP contribution >= 0.6 is 0 Å². The summed E-state index contributed by atoms with van der Waals surface area (Å²) in [6.07, 6.45) is 7.20. The lowest BCUT2D eigenvalue weighted by Gasteiger charge is -2.30. The Bertz CT molecular complexity index is 1670. The van der Waals surface area contributed by atoms with Gasteiger partial charge in [-0.2, -0.15) is 0 Å². The van der Waals surface area contributed by atoms with Gasteiger partial charge in [0.25, 0.3) is 0 Å². The Morgan fingerprint density at radius 2 is 0.902 bits per heavy atom. The minimum Gasteiger partial charge on any atom is -0.457 e. The summed E-state index contributed by atoms with van der Waals surface area (Å²) in [6, 6.07) is 28.5. The summed E-state index contributed by atoms with van der Waals surface area (Å²) in [7, 11) is 0. The van der Waals surface area contributed by atoms with Crippen LogP contribution in [0.3, 0.4) is 0 Å². The minimum absolute atomic E-state index is 0.00497. The third kappa shape index (κ3) is 8.83. The van der Waals surface area contributed by atoms with E-state index < -0.39 is 24.3 Å². The number of hydrogen-bond acceptors (Lipinski definition) is 5. The van der Waals surface area contributed by atoms with E-state index in [9.17, 15) is 18.4 Å². The van der Waals surface area contributed by atoms with Gasteiger partial charge in [-0.25, -0.2) is 18.4 Å². The van der Waals surface area contributed by atoms with Crippen molar-refractivity contribution in [1.29, 1.82) is 0 Å². The van der Waals surface area contributed by atoms with Gasteiger partial charge >= 0.3 is 11.9 Å². The summed E-state index contributed by atoms with van der Waals surface area (Å²) in [5.41, 5.74) is 2.69. The second-order valence-corrected chi connectivity index (χ2v) is 13.6. The summed E-state index contributed by atoms with van der Waals surface area (Å²) in [5, 5.41) is 0. The fourth-order valence-corrected chi connectivity index (χ4v) is 7.48. The van der Waals surface area contributed by atoms with Crippen molar-refractivity contribution in [3.8, 4) is 23.0 Å². The SMILES string of the molecule is C=CC(F)C1CCC(c2ccccc2OC(=O)c2ccc(Oc3ccc(C(=O)Oc4ccccc4C4CCC(C(F)C=C)CC4)cc3)cc2)CC1. The fourth-order valence-electron chi connectivity index (χ4n) is 7.48. The zero-order valence-corrected chi connectivity index (χ0v) is 28.7. The van der Waals surface area contributed by atoms with E-state index in [0.29, 0.717) is 34.1 Å². The van der Waals surface area contributed by atoms with Crippen LogP contribution in [-0.2, 0) is 0 Å². The molecular weight excluding hydrogens is 646 g/mol. The maximum atomic E-state index is 14.1. The maximum absolute atomic E-state index is 14.1.